The lowest BCUT2D eigenvalue weighted by atomic mass is 10.2. The number of hydrogen-bond acceptors (Lipinski definition) is 6. The molecular formula is C18H20N4O3S. The Morgan fingerprint density at radius 1 is 1.35 bits per heavy atom. The van der Waals surface area contributed by atoms with Crippen molar-refractivity contribution in [1.82, 2.24) is 9.88 Å². The molecule has 0 aliphatic heterocycles. The molecule has 0 bridgehead atoms. The molecule has 0 aliphatic rings. The van der Waals surface area contributed by atoms with E-state index in [0.29, 0.717) is 16.3 Å². The Hall–Kier alpha value is -2.92. The highest BCUT2D eigenvalue weighted by Crippen LogP contribution is 2.17. The van der Waals surface area contributed by atoms with Gasteiger partial charge in [0.15, 0.2) is 5.69 Å². The molecule has 0 fully saturated rings. The number of carbonyl (C=O) groups is 2. The highest BCUT2D eigenvalue weighted by molar-refractivity contribution is 7.09. The first-order valence-electron chi connectivity index (χ1n) is 8.14. The van der Waals surface area contributed by atoms with Crippen LogP contribution in [-0.2, 0) is 11.3 Å². The summed E-state index contributed by atoms with van der Waals surface area (Å²) in [5.74, 6) is -0.465. The zero-order valence-corrected chi connectivity index (χ0v) is 15.7. The first-order valence-corrected chi connectivity index (χ1v) is 9.01. The van der Waals surface area contributed by atoms with E-state index in [-0.39, 0.29) is 30.9 Å². The normalized spacial score (nSPS) is 10.3. The average Bonchev–Trinajstić information content (AvgIpc) is 3.09. The number of benzene rings is 1. The van der Waals surface area contributed by atoms with E-state index in [1.807, 2.05) is 19.9 Å². The maximum absolute atomic E-state index is 12.6. The van der Waals surface area contributed by atoms with Crippen LogP contribution in [0.1, 0.15) is 41.8 Å². The van der Waals surface area contributed by atoms with Gasteiger partial charge in [0.25, 0.3) is 0 Å². The van der Waals surface area contributed by atoms with Gasteiger partial charge in [-0.2, -0.15) is 5.26 Å². The fraction of sp³-hybridized carbons (Fsp3) is 0.333. The molecule has 1 aromatic heterocycles. The lowest BCUT2D eigenvalue weighted by molar-refractivity contribution is 0.0520. The number of nitrogens with one attached hydrogen (secondary N) is 1. The van der Waals surface area contributed by atoms with Crippen LogP contribution in [0.3, 0.4) is 0 Å². The Morgan fingerprint density at radius 2 is 2.04 bits per heavy atom. The fourth-order valence-electron chi connectivity index (χ4n) is 2.14. The van der Waals surface area contributed by atoms with Gasteiger partial charge in [0.1, 0.15) is 5.01 Å². The summed E-state index contributed by atoms with van der Waals surface area (Å²) in [6.45, 7) is 6.11. The lowest BCUT2D eigenvalue weighted by Gasteiger charge is -2.26. The summed E-state index contributed by atoms with van der Waals surface area (Å²) in [5, 5.41) is 13.9. The number of nitriles is 1. The van der Waals surface area contributed by atoms with Gasteiger partial charge in [0, 0.05) is 17.1 Å². The lowest BCUT2D eigenvalue weighted by Crippen LogP contribution is -2.39. The van der Waals surface area contributed by atoms with Crippen molar-refractivity contribution >= 4 is 29.0 Å². The van der Waals surface area contributed by atoms with Gasteiger partial charge < -0.3 is 15.0 Å². The predicted molar refractivity (Wildman–Crippen MR) is 98.9 cm³/mol. The third-order valence-corrected chi connectivity index (χ3v) is 4.32. The van der Waals surface area contributed by atoms with Crippen LogP contribution in [-0.4, -0.2) is 34.5 Å². The molecule has 1 aromatic carbocycles. The number of ether oxygens (including phenoxy) is 1. The van der Waals surface area contributed by atoms with Gasteiger partial charge in [-0.05, 0) is 45.0 Å². The van der Waals surface area contributed by atoms with Crippen molar-refractivity contribution in [2.24, 2.45) is 0 Å². The summed E-state index contributed by atoms with van der Waals surface area (Å²) in [5.41, 5.74) is 1.38. The summed E-state index contributed by atoms with van der Waals surface area (Å²) >= 11 is 1.31. The molecule has 2 aromatic rings. The first kappa shape index (κ1) is 19.4. The number of anilines is 1. The van der Waals surface area contributed by atoms with Crippen LogP contribution in [0.25, 0.3) is 0 Å². The summed E-state index contributed by atoms with van der Waals surface area (Å²) in [6.07, 6.45) is 0. The number of nitrogens with zero attached hydrogens (tertiary/aromatic N) is 3. The number of hydrogen-bond donors (Lipinski definition) is 1. The zero-order chi connectivity index (χ0) is 19.1. The monoisotopic (exact) mass is 372 g/mol. The molecular weight excluding hydrogens is 352 g/mol. The van der Waals surface area contributed by atoms with Gasteiger partial charge in [-0.3, -0.25) is 0 Å². The number of esters is 1. The Kier molecular flexibility index (Phi) is 6.69. The van der Waals surface area contributed by atoms with Crippen LogP contribution in [0.2, 0.25) is 0 Å². The molecule has 7 nitrogen and oxygen atoms in total. The van der Waals surface area contributed by atoms with Crippen LogP contribution in [0.4, 0.5) is 10.5 Å². The van der Waals surface area contributed by atoms with E-state index in [1.54, 1.807) is 41.5 Å². The standard InChI is InChI=1S/C18H20N4O3S/c1-4-25-17(23)15-11-26-16(21-15)10-22(12(2)3)18(24)20-14-7-5-13(9-19)6-8-14/h5-8,11-12H,4,10H2,1-3H3,(H,20,24). The van der Waals surface area contributed by atoms with Gasteiger partial charge in [0.05, 0.1) is 24.8 Å². The number of thiazole rings is 1. The van der Waals surface area contributed by atoms with Gasteiger partial charge in [-0.1, -0.05) is 0 Å². The average molecular weight is 372 g/mol. The minimum Gasteiger partial charge on any atom is -0.461 e. The molecule has 0 aliphatic carbocycles. The van der Waals surface area contributed by atoms with Gasteiger partial charge in [-0.15, -0.1) is 11.3 Å². The van der Waals surface area contributed by atoms with E-state index in [2.05, 4.69) is 10.3 Å². The molecule has 0 unspecified atom stereocenters. The Labute approximate surface area is 156 Å². The third-order valence-electron chi connectivity index (χ3n) is 3.49. The van der Waals surface area contributed by atoms with Crippen molar-refractivity contribution in [1.29, 1.82) is 5.26 Å². The van der Waals surface area contributed by atoms with Crippen molar-refractivity contribution in [3.63, 3.8) is 0 Å². The van der Waals surface area contributed by atoms with Crippen LogP contribution >= 0.6 is 11.3 Å². The molecule has 136 valence electrons. The topological polar surface area (TPSA) is 95.3 Å². The quantitative estimate of drug-likeness (QED) is 0.781. The molecule has 2 rings (SSSR count). The van der Waals surface area contributed by atoms with Crippen molar-refractivity contribution < 1.29 is 14.3 Å². The number of rotatable bonds is 6. The second-order valence-corrected chi connectivity index (χ2v) is 6.63. The molecule has 8 heteroatoms. The van der Waals surface area contributed by atoms with Crippen molar-refractivity contribution in [3.05, 3.63) is 45.9 Å². The van der Waals surface area contributed by atoms with Crippen LogP contribution in [0.5, 0.6) is 0 Å². The van der Waals surface area contributed by atoms with Crippen molar-refractivity contribution in [2.45, 2.75) is 33.4 Å². The second kappa shape index (κ2) is 8.97. The largest absolute Gasteiger partial charge is 0.461 e. The van der Waals surface area contributed by atoms with Crippen molar-refractivity contribution in [3.8, 4) is 6.07 Å². The smallest absolute Gasteiger partial charge is 0.357 e. The maximum Gasteiger partial charge on any atom is 0.357 e. The summed E-state index contributed by atoms with van der Waals surface area (Å²) in [6, 6.07) is 8.32. The van der Waals surface area contributed by atoms with Gasteiger partial charge in [0.2, 0.25) is 0 Å². The molecule has 1 heterocycles. The minimum atomic E-state index is -0.465. The molecule has 0 atom stereocenters. The molecule has 0 spiro atoms. The molecule has 2 amide bonds. The fourth-order valence-corrected chi connectivity index (χ4v) is 2.90. The number of carbonyl (C=O) groups excluding carboxylic acids is 2. The summed E-state index contributed by atoms with van der Waals surface area (Å²) < 4.78 is 4.93. The summed E-state index contributed by atoms with van der Waals surface area (Å²) in [7, 11) is 0. The maximum atomic E-state index is 12.6. The highest BCUT2D eigenvalue weighted by atomic mass is 32.1. The number of aromatic nitrogens is 1. The van der Waals surface area contributed by atoms with Crippen LogP contribution < -0.4 is 5.32 Å². The Bertz CT molecular complexity index is 809. The van der Waals surface area contributed by atoms with E-state index in [9.17, 15) is 9.59 Å². The highest BCUT2D eigenvalue weighted by Gasteiger charge is 2.20. The molecule has 0 radical (unpaired) electrons. The molecule has 0 saturated heterocycles. The van der Waals surface area contributed by atoms with Crippen LogP contribution in [0.15, 0.2) is 29.6 Å². The molecule has 26 heavy (non-hydrogen) atoms. The van der Waals surface area contributed by atoms with Crippen LogP contribution in [0, 0.1) is 11.3 Å². The number of amides is 2. The predicted octanol–water partition coefficient (Wildman–Crippen LogP) is 3.63. The van der Waals surface area contributed by atoms with Gasteiger partial charge in [-0.25, -0.2) is 14.6 Å². The van der Waals surface area contributed by atoms with Crippen molar-refractivity contribution in [2.75, 3.05) is 11.9 Å². The van der Waals surface area contributed by atoms with E-state index < -0.39 is 5.97 Å². The zero-order valence-electron chi connectivity index (χ0n) is 14.9. The van der Waals surface area contributed by atoms with E-state index in [0.717, 1.165) is 0 Å². The molecule has 1 N–H and O–H groups in total. The van der Waals surface area contributed by atoms with E-state index >= 15 is 0 Å². The first-order chi connectivity index (χ1) is 12.4. The minimum absolute atomic E-state index is 0.0664. The third kappa shape index (κ3) is 5.04. The number of urea groups is 1. The van der Waals surface area contributed by atoms with E-state index in [1.165, 1.54) is 11.3 Å². The SMILES string of the molecule is CCOC(=O)c1csc(CN(C(=O)Nc2ccc(C#N)cc2)C(C)C)n1. The van der Waals surface area contributed by atoms with Gasteiger partial charge >= 0.3 is 12.0 Å². The Balaban J connectivity index is 2.06. The molecule has 0 saturated carbocycles. The van der Waals surface area contributed by atoms with E-state index in [4.69, 9.17) is 10.00 Å². The Morgan fingerprint density at radius 3 is 2.62 bits per heavy atom. The second-order valence-electron chi connectivity index (χ2n) is 5.69. The summed E-state index contributed by atoms with van der Waals surface area (Å²) in [4.78, 5) is 30.2.